The van der Waals surface area contributed by atoms with Crippen molar-refractivity contribution in [3.8, 4) is 11.1 Å². The Hall–Kier alpha value is -2.14. The summed E-state index contributed by atoms with van der Waals surface area (Å²) in [6.07, 6.45) is 3.88. The number of nitrogens with one attached hydrogen (secondary N) is 2. The van der Waals surface area contributed by atoms with Crippen LogP contribution in [0.3, 0.4) is 0 Å². The zero-order valence-electron chi connectivity index (χ0n) is 13.8. The Balaban J connectivity index is 1.73. The van der Waals surface area contributed by atoms with E-state index in [-0.39, 0.29) is 5.91 Å². The largest absolute Gasteiger partial charge is 0.342 e. The highest BCUT2D eigenvalue weighted by Gasteiger charge is 2.26. The summed E-state index contributed by atoms with van der Waals surface area (Å²) in [5, 5.41) is 10.4. The lowest BCUT2D eigenvalue weighted by Gasteiger charge is -2.32. The molecule has 0 radical (unpaired) electrons. The monoisotopic (exact) mass is 312 g/mol. The molecule has 3 rings (SSSR count). The van der Waals surface area contributed by atoms with E-state index in [0.29, 0.717) is 12.5 Å². The van der Waals surface area contributed by atoms with Gasteiger partial charge in [0.25, 0.3) is 0 Å². The van der Waals surface area contributed by atoms with Gasteiger partial charge in [-0.25, -0.2) is 0 Å². The van der Waals surface area contributed by atoms with Crippen LogP contribution in [0.4, 0.5) is 0 Å². The smallest absolute Gasteiger partial charge is 0.236 e. The highest BCUT2D eigenvalue weighted by Crippen LogP contribution is 2.34. The van der Waals surface area contributed by atoms with Crippen molar-refractivity contribution >= 4 is 5.91 Å². The van der Waals surface area contributed by atoms with E-state index in [1.54, 1.807) is 0 Å². The van der Waals surface area contributed by atoms with Crippen LogP contribution in [-0.4, -0.2) is 47.7 Å². The molecule has 5 nitrogen and oxygen atoms in total. The van der Waals surface area contributed by atoms with Gasteiger partial charge in [-0.05, 0) is 32.4 Å². The van der Waals surface area contributed by atoms with E-state index in [1.165, 1.54) is 22.4 Å². The van der Waals surface area contributed by atoms with Crippen molar-refractivity contribution in [3.05, 3.63) is 41.7 Å². The van der Waals surface area contributed by atoms with Gasteiger partial charge in [-0.2, -0.15) is 5.10 Å². The highest BCUT2D eigenvalue weighted by molar-refractivity contribution is 5.78. The maximum atomic E-state index is 12.0. The third-order valence-corrected chi connectivity index (χ3v) is 4.58. The third kappa shape index (κ3) is 3.45. The van der Waals surface area contributed by atoms with Crippen molar-refractivity contribution in [2.75, 3.05) is 26.7 Å². The number of amides is 1. The number of aromatic amines is 1. The molecular formula is C18H24N4O. The second-order valence-electron chi connectivity index (χ2n) is 6.25. The maximum Gasteiger partial charge on any atom is 0.236 e. The first kappa shape index (κ1) is 15.7. The second-order valence-corrected chi connectivity index (χ2v) is 6.25. The minimum Gasteiger partial charge on any atom is -0.342 e. The molecule has 1 saturated heterocycles. The first-order valence-electron chi connectivity index (χ1n) is 8.21. The van der Waals surface area contributed by atoms with Crippen LogP contribution in [0.1, 0.15) is 30.0 Å². The number of nitrogens with zero attached hydrogens (tertiary/aromatic N) is 2. The SMILES string of the molecule is CNCC(=O)N1CCC(c2[nH]ncc2-c2cccc(C)c2)CC1. The molecule has 2 aromatic rings. The third-order valence-electron chi connectivity index (χ3n) is 4.58. The van der Waals surface area contributed by atoms with E-state index < -0.39 is 0 Å². The maximum absolute atomic E-state index is 12.0. The number of hydrogen-bond acceptors (Lipinski definition) is 3. The molecule has 1 fully saturated rings. The van der Waals surface area contributed by atoms with Crippen molar-refractivity contribution in [3.63, 3.8) is 0 Å². The number of piperidine rings is 1. The van der Waals surface area contributed by atoms with Crippen LogP contribution in [0.15, 0.2) is 30.5 Å². The number of carbonyl (C=O) groups excluding carboxylic acids is 1. The summed E-state index contributed by atoms with van der Waals surface area (Å²) in [5.74, 6) is 0.626. The lowest BCUT2D eigenvalue weighted by Crippen LogP contribution is -2.42. The molecule has 0 unspecified atom stereocenters. The summed E-state index contributed by atoms with van der Waals surface area (Å²) in [6, 6.07) is 8.52. The summed E-state index contributed by atoms with van der Waals surface area (Å²) in [6.45, 7) is 4.16. The topological polar surface area (TPSA) is 61.0 Å². The Morgan fingerprint density at radius 3 is 2.87 bits per heavy atom. The Labute approximate surface area is 137 Å². The number of rotatable bonds is 4. The van der Waals surface area contributed by atoms with Gasteiger partial charge in [-0.1, -0.05) is 29.8 Å². The number of hydrogen-bond donors (Lipinski definition) is 2. The average Bonchev–Trinajstić information content (AvgIpc) is 3.05. The first-order valence-corrected chi connectivity index (χ1v) is 8.21. The van der Waals surface area contributed by atoms with Crippen LogP contribution in [0.25, 0.3) is 11.1 Å². The Morgan fingerprint density at radius 1 is 1.39 bits per heavy atom. The van der Waals surface area contributed by atoms with Gasteiger partial charge in [0, 0.05) is 30.3 Å². The average molecular weight is 312 g/mol. The number of aryl methyl sites for hydroxylation is 1. The number of H-pyrrole nitrogens is 1. The summed E-state index contributed by atoms with van der Waals surface area (Å²) in [7, 11) is 1.81. The Bertz CT molecular complexity index is 671. The van der Waals surface area contributed by atoms with E-state index in [1.807, 2.05) is 18.1 Å². The fourth-order valence-electron chi connectivity index (χ4n) is 3.33. The fourth-order valence-corrected chi connectivity index (χ4v) is 3.33. The van der Waals surface area contributed by atoms with Crippen molar-refractivity contribution in [2.24, 2.45) is 0 Å². The van der Waals surface area contributed by atoms with Gasteiger partial charge in [-0.15, -0.1) is 0 Å². The second kappa shape index (κ2) is 6.96. The van der Waals surface area contributed by atoms with Crippen molar-refractivity contribution < 1.29 is 4.79 Å². The van der Waals surface area contributed by atoms with E-state index in [4.69, 9.17) is 0 Å². The molecule has 0 atom stereocenters. The van der Waals surface area contributed by atoms with Crippen molar-refractivity contribution in [2.45, 2.75) is 25.7 Å². The number of aromatic nitrogens is 2. The lowest BCUT2D eigenvalue weighted by atomic mass is 9.89. The van der Waals surface area contributed by atoms with E-state index in [9.17, 15) is 4.79 Å². The molecule has 1 aliphatic rings. The molecule has 1 aromatic carbocycles. The van der Waals surface area contributed by atoms with Gasteiger partial charge in [-0.3, -0.25) is 9.89 Å². The molecule has 1 aliphatic heterocycles. The van der Waals surface area contributed by atoms with Crippen LogP contribution >= 0.6 is 0 Å². The number of benzene rings is 1. The minimum atomic E-state index is 0.189. The van der Waals surface area contributed by atoms with Gasteiger partial charge in [0.1, 0.15) is 0 Å². The summed E-state index contributed by atoms with van der Waals surface area (Å²) >= 11 is 0. The van der Waals surface area contributed by atoms with E-state index in [2.05, 4.69) is 46.7 Å². The van der Waals surface area contributed by atoms with Crippen LogP contribution in [-0.2, 0) is 4.79 Å². The standard InChI is InChI=1S/C18H24N4O/c1-13-4-3-5-15(10-13)16-11-20-21-18(16)14-6-8-22(9-7-14)17(23)12-19-2/h3-5,10-11,14,19H,6-9,12H2,1-2H3,(H,20,21). The summed E-state index contributed by atoms with van der Waals surface area (Å²) in [4.78, 5) is 13.9. The molecule has 0 saturated carbocycles. The van der Waals surface area contributed by atoms with Gasteiger partial charge in [0.15, 0.2) is 0 Å². The highest BCUT2D eigenvalue weighted by atomic mass is 16.2. The quantitative estimate of drug-likeness (QED) is 0.911. The minimum absolute atomic E-state index is 0.189. The lowest BCUT2D eigenvalue weighted by molar-refractivity contribution is -0.131. The van der Waals surface area contributed by atoms with Gasteiger partial charge in [0.05, 0.1) is 12.7 Å². The summed E-state index contributed by atoms with van der Waals surface area (Å²) < 4.78 is 0. The van der Waals surface area contributed by atoms with Crippen LogP contribution in [0.2, 0.25) is 0 Å². The molecule has 0 aliphatic carbocycles. The molecule has 1 amide bonds. The Kier molecular flexibility index (Phi) is 4.76. The number of likely N-dealkylation sites (N-methyl/N-ethyl adjacent to an activating group) is 1. The molecule has 5 heteroatoms. The zero-order chi connectivity index (χ0) is 16.2. The van der Waals surface area contributed by atoms with Crippen LogP contribution in [0, 0.1) is 6.92 Å². The van der Waals surface area contributed by atoms with Crippen molar-refractivity contribution in [1.29, 1.82) is 0 Å². The molecule has 2 heterocycles. The predicted molar refractivity (Wildman–Crippen MR) is 91.2 cm³/mol. The molecule has 122 valence electrons. The molecular weight excluding hydrogens is 288 g/mol. The molecule has 0 spiro atoms. The van der Waals surface area contributed by atoms with E-state index in [0.717, 1.165) is 25.9 Å². The fraction of sp³-hybridized carbons (Fsp3) is 0.444. The number of likely N-dealkylation sites (tertiary alicyclic amines) is 1. The predicted octanol–water partition coefficient (Wildman–Crippen LogP) is 2.31. The zero-order valence-corrected chi connectivity index (χ0v) is 13.8. The first-order chi connectivity index (χ1) is 11.2. The molecule has 23 heavy (non-hydrogen) atoms. The molecule has 1 aromatic heterocycles. The summed E-state index contributed by atoms with van der Waals surface area (Å²) in [5.41, 5.74) is 4.86. The normalized spacial score (nSPS) is 15.8. The van der Waals surface area contributed by atoms with Gasteiger partial charge < -0.3 is 10.2 Å². The number of carbonyl (C=O) groups is 1. The van der Waals surface area contributed by atoms with E-state index >= 15 is 0 Å². The van der Waals surface area contributed by atoms with Crippen LogP contribution in [0.5, 0.6) is 0 Å². The van der Waals surface area contributed by atoms with Gasteiger partial charge in [0.2, 0.25) is 5.91 Å². The molecule has 0 bridgehead atoms. The van der Waals surface area contributed by atoms with Crippen LogP contribution < -0.4 is 5.32 Å². The van der Waals surface area contributed by atoms with Gasteiger partial charge >= 0.3 is 0 Å². The van der Waals surface area contributed by atoms with Crippen molar-refractivity contribution in [1.82, 2.24) is 20.4 Å². The Morgan fingerprint density at radius 2 is 2.17 bits per heavy atom. The molecule has 2 N–H and O–H groups in total.